The van der Waals surface area contributed by atoms with Gasteiger partial charge in [-0.2, -0.15) is 0 Å². The third-order valence-electron chi connectivity index (χ3n) is 2.74. The molecule has 0 unspecified atom stereocenters. The second kappa shape index (κ2) is 5.34. The van der Waals surface area contributed by atoms with E-state index in [0.29, 0.717) is 18.1 Å². The van der Waals surface area contributed by atoms with Crippen LogP contribution >= 0.6 is 0 Å². The number of rotatable bonds is 4. The first kappa shape index (κ1) is 12.8. The Kier molecular flexibility index (Phi) is 3.61. The molecule has 2 aromatic heterocycles. The molecule has 0 saturated carbocycles. The van der Waals surface area contributed by atoms with Crippen molar-refractivity contribution in [3.8, 4) is 0 Å². The molecule has 0 radical (unpaired) electrons. The summed E-state index contributed by atoms with van der Waals surface area (Å²) in [4.78, 5) is 18.9. The van der Waals surface area contributed by atoms with Gasteiger partial charge < -0.3 is 16.2 Å². The molecule has 98 valence electrons. The summed E-state index contributed by atoms with van der Waals surface area (Å²) in [5, 5.41) is 11.9. The topological polar surface area (TPSA) is 101 Å². The van der Waals surface area contributed by atoms with Crippen molar-refractivity contribution in [1.82, 2.24) is 9.97 Å². The van der Waals surface area contributed by atoms with E-state index in [1.54, 1.807) is 12.4 Å². The predicted molar refractivity (Wildman–Crippen MR) is 71.9 cm³/mol. The molecule has 0 bridgehead atoms. The van der Waals surface area contributed by atoms with Gasteiger partial charge in [-0.3, -0.25) is 4.98 Å². The van der Waals surface area contributed by atoms with Crippen LogP contribution in [-0.2, 0) is 6.54 Å². The average molecular weight is 258 g/mol. The summed E-state index contributed by atoms with van der Waals surface area (Å²) < 4.78 is 0. The zero-order chi connectivity index (χ0) is 13.8. The van der Waals surface area contributed by atoms with E-state index in [9.17, 15) is 4.79 Å². The summed E-state index contributed by atoms with van der Waals surface area (Å²) in [7, 11) is 0. The molecule has 0 aliphatic rings. The fraction of sp³-hybridized carbons (Fsp3) is 0.154. The number of aromatic nitrogens is 2. The van der Waals surface area contributed by atoms with Gasteiger partial charge in [-0.05, 0) is 36.2 Å². The number of aryl methyl sites for hydroxylation is 1. The van der Waals surface area contributed by atoms with Gasteiger partial charge in [0.15, 0.2) is 5.69 Å². The third kappa shape index (κ3) is 2.98. The first-order chi connectivity index (χ1) is 9.08. The molecule has 0 spiro atoms. The summed E-state index contributed by atoms with van der Waals surface area (Å²) in [6, 6.07) is 4.80. The zero-order valence-electron chi connectivity index (χ0n) is 10.4. The lowest BCUT2D eigenvalue weighted by atomic mass is 10.1. The number of anilines is 2. The van der Waals surface area contributed by atoms with Crippen LogP contribution in [0.1, 0.15) is 21.6 Å². The number of aromatic carboxylic acids is 1. The average Bonchev–Trinajstić information content (AvgIpc) is 2.39. The number of hydrogen-bond acceptors (Lipinski definition) is 5. The molecule has 6 heteroatoms. The fourth-order valence-corrected chi connectivity index (χ4v) is 1.59. The predicted octanol–water partition coefficient (Wildman–Crippen LogP) is 1.68. The molecule has 0 aromatic carbocycles. The lowest BCUT2D eigenvalue weighted by molar-refractivity contribution is 0.0690. The van der Waals surface area contributed by atoms with E-state index in [4.69, 9.17) is 10.8 Å². The summed E-state index contributed by atoms with van der Waals surface area (Å²) >= 11 is 0. The van der Waals surface area contributed by atoms with Gasteiger partial charge in [0.25, 0.3) is 0 Å². The fourth-order valence-electron chi connectivity index (χ4n) is 1.59. The largest absolute Gasteiger partial charge is 0.477 e. The van der Waals surface area contributed by atoms with E-state index in [1.165, 1.54) is 12.1 Å². The van der Waals surface area contributed by atoms with Crippen molar-refractivity contribution in [1.29, 1.82) is 0 Å². The second-order valence-electron chi connectivity index (χ2n) is 4.10. The SMILES string of the molecule is Cc1ccncc1CNc1nc(C(=O)O)ccc1N. The van der Waals surface area contributed by atoms with Crippen LogP contribution in [0, 0.1) is 6.92 Å². The lowest BCUT2D eigenvalue weighted by Gasteiger charge is -2.10. The molecular formula is C13H14N4O2. The summed E-state index contributed by atoms with van der Waals surface area (Å²) in [6.45, 7) is 2.46. The second-order valence-corrected chi connectivity index (χ2v) is 4.10. The van der Waals surface area contributed by atoms with E-state index in [2.05, 4.69) is 15.3 Å². The van der Waals surface area contributed by atoms with E-state index in [0.717, 1.165) is 11.1 Å². The molecule has 19 heavy (non-hydrogen) atoms. The normalized spacial score (nSPS) is 10.2. The molecule has 2 heterocycles. The van der Waals surface area contributed by atoms with Gasteiger partial charge >= 0.3 is 5.97 Å². The molecular weight excluding hydrogens is 244 g/mol. The molecule has 4 N–H and O–H groups in total. The smallest absolute Gasteiger partial charge is 0.354 e. The molecule has 0 aliphatic heterocycles. The van der Waals surface area contributed by atoms with Crippen molar-refractivity contribution in [2.45, 2.75) is 13.5 Å². The summed E-state index contributed by atoms with van der Waals surface area (Å²) in [5.41, 5.74) is 8.22. The zero-order valence-corrected chi connectivity index (χ0v) is 10.4. The van der Waals surface area contributed by atoms with Crippen molar-refractivity contribution in [3.05, 3.63) is 47.4 Å². The summed E-state index contributed by atoms with van der Waals surface area (Å²) in [5.74, 6) is -0.719. The first-order valence-corrected chi connectivity index (χ1v) is 5.71. The minimum absolute atomic E-state index is 0.0420. The molecule has 2 aromatic rings. The maximum absolute atomic E-state index is 10.9. The molecule has 0 saturated heterocycles. The number of carboxylic acid groups (broad SMARTS) is 1. The lowest BCUT2D eigenvalue weighted by Crippen LogP contribution is -2.09. The van der Waals surface area contributed by atoms with Crippen LogP contribution in [0.5, 0.6) is 0 Å². The quantitative estimate of drug-likeness (QED) is 0.771. The Morgan fingerprint density at radius 3 is 2.89 bits per heavy atom. The van der Waals surface area contributed by atoms with Gasteiger partial charge in [0.05, 0.1) is 5.69 Å². The van der Waals surface area contributed by atoms with Crippen molar-refractivity contribution in [2.24, 2.45) is 0 Å². The van der Waals surface area contributed by atoms with Crippen molar-refractivity contribution in [3.63, 3.8) is 0 Å². The highest BCUT2D eigenvalue weighted by Gasteiger charge is 2.08. The maximum atomic E-state index is 10.9. The number of nitrogens with one attached hydrogen (secondary N) is 1. The van der Waals surface area contributed by atoms with Crippen LogP contribution in [-0.4, -0.2) is 21.0 Å². The van der Waals surface area contributed by atoms with Gasteiger partial charge in [-0.25, -0.2) is 9.78 Å². The highest BCUT2D eigenvalue weighted by Crippen LogP contribution is 2.17. The van der Waals surface area contributed by atoms with Gasteiger partial charge in [0, 0.05) is 18.9 Å². The van der Waals surface area contributed by atoms with E-state index in [-0.39, 0.29) is 5.69 Å². The third-order valence-corrected chi connectivity index (χ3v) is 2.74. The van der Waals surface area contributed by atoms with E-state index < -0.39 is 5.97 Å². The molecule has 0 fully saturated rings. The standard InChI is InChI=1S/C13H14N4O2/c1-8-4-5-15-6-9(8)7-16-12-10(14)2-3-11(17-12)13(18)19/h2-6H,7,14H2,1H3,(H,16,17)(H,18,19). The Morgan fingerprint density at radius 1 is 1.42 bits per heavy atom. The summed E-state index contributed by atoms with van der Waals surface area (Å²) in [6.07, 6.45) is 3.47. The number of nitrogen functional groups attached to an aromatic ring is 1. The highest BCUT2D eigenvalue weighted by atomic mass is 16.4. The van der Waals surface area contributed by atoms with Crippen LogP contribution in [0.15, 0.2) is 30.6 Å². The first-order valence-electron chi connectivity index (χ1n) is 5.71. The number of nitrogens with zero attached hydrogens (tertiary/aromatic N) is 2. The Hall–Kier alpha value is -2.63. The van der Waals surface area contributed by atoms with Crippen LogP contribution < -0.4 is 11.1 Å². The highest BCUT2D eigenvalue weighted by molar-refractivity contribution is 5.86. The Bertz CT molecular complexity index is 613. The molecule has 0 aliphatic carbocycles. The van der Waals surface area contributed by atoms with Gasteiger partial charge in [0.1, 0.15) is 5.82 Å². The van der Waals surface area contributed by atoms with Gasteiger partial charge in [0.2, 0.25) is 0 Å². The van der Waals surface area contributed by atoms with Crippen LogP contribution in [0.25, 0.3) is 0 Å². The number of pyridine rings is 2. The molecule has 0 amide bonds. The monoisotopic (exact) mass is 258 g/mol. The number of hydrogen-bond donors (Lipinski definition) is 3. The molecule has 2 rings (SSSR count). The minimum atomic E-state index is -1.08. The number of nitrogens with two attached hydrogens (primary N) is 1. The van der Waals surface area contributed by atoms with Crippen LogP contribution in [0.2, 0.25) is 0 Å². The Labute approximate surface area is 110 Å². The van der Waals surface area contributed by atoms with E-state index in [1.807, 2.05) is 13.0 Å². The van der Waals surface area contributed by atoms with Crippen molar-refractivity contribution in [2.75, 3.05) is 11.1 Å². The number of carbonyl (C=O) groups is 1. The minimum Gasteiger partial charge on any atom is -0.477 e. The maximum Gasteiger partial charge on any atom is 0.354 e. The number of carboxylic acids is 1. The Morgan fingerprint density at radius 2 is 2.21 bits per heavy atom. The van der Waals surface area contributed by atoms with Crippen molar-refractivity contribution >= 4 is 17.5 Å². The van der Waals surface area contributed by atoms with Crippen molar-refractivity contribution < 1.29 is 9.90 Å². The van der Waals surface area contributed by atoms with Crippen LogP contribution in [0.4, 0.5) is 11.5 Å². The van der Waals surface area contributed by atoms with Crippen LogP contribution in [0.3, 0.4) is 0 Å². The van der Waals surface area contributed by atoms with E-state index >= 15 is 0 Å². The van der Waals surface area contributed by atoms with Gasteiger partial charge in [-0.1, -0.05) is 0 Å². The van der Waals surface area contributed by atoms with Gasteiger partial charge in [-0.15, -0.1) is 0 Å². The Balaban J connectivity index is 2.17. The molecule has 6 nitrogen and oxygen atoms in total. The molecule has 0 atom stereocenters.